The predicted octanol–water partition coefficient (Wildman–Crippen LogP) is 4.30. The summed E-state index contributed by atoms with van der Waals surface area (Å²) in [5, 5.41) is 7.57. The molecule has 1 aromatic heterocycles. The second-order valence-electron chi connectivity index (χ2n) is 7.66. The first-order valence-electron chi connectivity index (χ1n) is 10.1. The maximum absolute atomic E-state index is 13.2. The summed E-state index contributed by atoms with van der Waals surface area (Å²) in [6, 6.07) is 16.7. The number of rotatable bonds is 4. The van der Waals surface area contributed by atoms with E-state index in [1.165, 1.54) is 10.2 Å². The first kappa shape index (κ1) is 19.1. The fraction of sp³-hybridized carbons (Fsp3) is 0.292. The molecular formula is C24H25N3O2. The Morgan fingerprint density at radius 3 is 2.34 bits per heavy atom. The monoisotopic (exact) mass is 387 g/mol. The van der Waals surface area contributed by atoms with Crippen LogP contribution in [0.2, 0.25) is 0 Å². The molecule has 0 bridgehead atoms. The van der Waals surface area contributed by atoms with Crippen molar-refractivity contribution in [1.82, 2.24) is 9.78 Å². The van der Waals surface area contributed by atoms with Crippen molar-refractivity contribution in [2.24, 2.45) is 0 Å². The lowest BCUT2D eigenvalue weighted by Gasteiger charge is -2.22. The van der Waals surface area contributed by atoms with Crippen LogP contribution in [0.25, 0.3) is 11.3 Å². The van der Waals surface area contributed by atoms with Gasteiger partial charge in [0, 0.05) is 16.8 Å². The molecular weight excluding hydrogens is 362 g/mol. The summed E-state index contributed by atoms with van der Waals surface area (Å²) in [5.41, 5.74) is 5.38. The third-order valence-electron chi connectivity index (χ3n) is 5.54. The second-order valence-corrected chi connectivity index (χ2v) is 7.66. The first-order chi connectivity index (χ1) is 14.0. The minimum atomic E-state index is -0.709. The molecule has 1 heterocycles. The molecule has 1 unspecified atom stereocenters. The normalized spacial score (nSPS) is 14.1. The Labute approximate surface area is 170 Å². The van der Waals surface area contributed by atoms with E-state index in [-0.39, 0.29) is 11.5 Å². The lowest BCUT2D eigenvalue weighted by molar-refractivity contribution is -0.119. The standard InChI is InChI=1S/C24H25N3O2/c1-16-12-14-18(15-13-16)22-20-10-6-7-11-21(20)24(29)27(26-22)17(2)23(28)25-19-8-4-3-5-9-19/h3-5,8-9,12-15,17H,6-7,10-11H2,1-2H3,(H,25,28). The molecule has 1 N–H and O–H groups in total. The van der Waals surface area contributed by atoms with Crippen molar-refractivity contribution in [3.63, 3.8) is 0 Å². The molecule has 1 atom stereocenters. The van der Waals surface area contributed by atoms with Crippen LogP contribution >= 0.6 is 0 Å². The third kappa shape index (κ3) is 3.86. The molecule has 1 aliphatic rings. The third-order valence-corrected chi connectivity index (χ3v) is 5.54. The summed E-state index contributed by atoms with van der Waals surface area (Å²) in [7, 11) is 0. The summed E-state index contributed by atoms with van der Waals surface area (Å²) in [4.78, 5) is 26.0. The molecule has 0 saturated carbocycles. The Morgan fingerprint density at radius 2 is 1.66 bits per heavy atom. The maximum atomic E-state index is 13.2. The van der Waals surface area contributed by atoms with E-state index in [1.807, 2.05) is 61.5 Å². The smallest absolute Gasteiger partial charge is 0.271 e. The van der Waals surface area contributed by atoms with Crippen LogP contribution in [0.4, 0.5) is 5.69 Å². The van der Waals surface area contributed by atoms with Gasteiger partial charge in [-0.05, 0) is 57.2 Å². The number of nitrogens with one attached hydrogen (secondary N) is 1. The van der Waals surface area contributed by atoms with E-state index in [0.29, 0.717) is 5.69 Å². The van der Waals surface area contributed by atoms with E-state index >= 15 is 0 Å². The Hall–Kier alpha value is -3.21. The van der Waals surface area contributed by atoms with Crippen molar-refractivity contribution in [2.45, 2.75) is 45.6 Å². The molecule has 5 heteroatoms. The Morgan fingerprint density at radius 1 is 1.00 bits per heavy atom. The number of fused-ring (bicyclic) bond motifs is 1. The molecule has 3 aromatic rings. The molecule has 29 heavy (non-hydrogen) atoms. The van der Waals surface area contributed by atoms with Crippen molar-refractivity contribution in [1.29, 1.82) is 0 Å². The van der Waals surface area contributed by atoms with Crippen molar-refractivity contribution < 1.29 is 4.79 Å². The highest BCUT2D eigenvalue weighted by Crippen LogP contribution is 2.29. The van der Waals surface area contributed by atoms with Gasteiger partial charge in [-0.15, -0.1) is 0 Å². The minimum absolute atomic E-state index is 0.147. The minimum Gasteiger partial charge on any atom is -0.324 e. The highest BCUT2D eigenvalue weighted by molar-refractivity contribution is 5.93. The first-order valence-corrected chi connectivity index (χ1v) is 10.1. The van der Waals surface area contributed by atoms with Crippen LogP contribution < -0.4 is 10.9 Å². The summed E-state index contributed by atoms with van der Waals surface area (Å²) in [6.45, 7) is 3.77. The zero-order chi connectivity index (χ0) is 20.4. The second kappa shape index (κ2) is 8.03. The van der Waals surface area contributed by atoms with E-state index in [2.05, 4.69) is 5.32 Å². The number of anilines is 1. The average Bonchev–Trinajstić information content (AvgIpc) is 2.75. The molecule has 4 rings (SSSR count). The van der Waals surface area contributed by atoms with Gasteiger partial charge < -0.3 is 5.32 Å². The number of amides is 1. The lowest BCUT2D eigenvalue weighted by atomic mass is 9.89. The van der Waals surface area contributed by atoms with Crippen LogP contribution in [0.1, 0.15) is 42.5 Å². The molecule has 1 amide bonds. The Balaban J connectivity index is 1.77. The topological polar surface area (TPSA) is 64.0 Å². The summed E-state index contributed by atoms with van der Waals surface area (Å²) in [5.74, 6) is -0.253. The number of nitrogens with zero attached hydrogens (tertiary/aromatic N) is 2. The fourth-order valence-corrected chi connectivity index (χ4v) is 3.84. The largest absolute Gasteiger partial charge is 0.324 e. The van der Waals surface area contributed by atoms with Crippen LogP contribution in [0, 0.1) is 6.92 Å². The SMILES string of the molecule is Cc1ccc(-c2nn(C(C)C(=O)Nc3ccccc3)c(=O)c3c2CCCC3)cc1. The number of benzene rings is 2. The molecule has 0 radical (unpaired) electrons. The van der Waals surface area contributed by atoms with Gasteiger partial charge >= 0.3 is 0 Å². The van der Waals surface area contributed by atoms with E-state index in [9.17, 15) is 9.59 Å². The number of para-hydroxylation sites is 1. The molecule has 0 aliphatic heterocycles. The van der Waals surface area contributed by atoms with Crippen LogP contribution in [0.15, 0.2) is 59.4 Å². The molecule has 0 spiro atoms. The summed E-state index contributed by atoms with van der Waals surface area (Å²) < 4.78 is 1.36. The van der Waals surface area contributed by atoms with Gasteiger partial charge in [0.25, 0.3) is 5.56 Å². The van der Waals surface area contributed by atoms with Gasteiger partial charge in [0.05, 0.1) is 5.69 Å². The molecule has 2 aromatic carbocycles. The number of carbonyl (C=O) groups is 1. The average molecular weight is 387 g/mol. The number of aryl methyl sites for hydroxylation is 1. The number of carbonyl (C=O) groups excluding carboxylic acids is 1. The van der Waals surface area contributed by atoms with Crippen molar-refractivity contribution >= 4 is 11.6 Å². The lowest BCUT2D eigenvalue weighted by Crippen LogP contribution is -2.37. The quantitative estimate of drug-likeness (QED) is 0.726. The molecule has 5 nitrogen and oxygen atoms in total. The van der Waals surface area contributed by atoms with Crippen molar-refractivity contribution in [2.75, 3.05) is 5.32 Å². The number of hydrogen-bond donors (Lipinski definition) is 1. The summed E-state index contributed by atoms with van der Waals surface area (Å²) >= 11 is 0. The van der Waals surface area contributed by atoms with Gasteiger partial charge in [-0.3, -0.25) is 9.59 Å². The number of hydrogen-bond acceptors (Lipinski definition) is 3. The van der Waals surface area contributed by atoms with Gasteiger partial charge in [-0.1, -0.05) is 48.0 Å². The van der Waals surface area contributed by atoms with Gasteiger partial charge in [-0.25, -0.2) is 4.68 Å². The zero-order valence-electron chi connectivity index (χ0n) is 16.8. The molecule has 148 valence electrons. The highest BCUT2D eigenvalue weighted by atomic mass is 16.2. The number of aromatic nitrogens is 2. The predicted molar refractivity (Wildman–Crippen MR) is 115 cm³/mol. The molecule has 0 saturated heterocycles. The van der Waals surface area contributed by atoms with Crippen molar-refractivity contribution in [3.8, 4) is 11.3 Å². The van der Waals surface area contributed by atoms with Gasteiger partial charge in [0.15, 0.2) is 0 Å². The molecule has 1 aliphatic carbocycles. The highest BCUT2D eigenvalue weighted by Gasteiger charge is 2.25. The van der Waals surface area contributed by atoms with Crippen LogP contribution in [0.5, 0.6) is 0 Å². The fourth-order valence-electron chi connectivity index (χ4n) is 3.84. The van der Waals surface area contributed by atoms with E-state index in [0.717, 1.165) is 48.1 Å². The Kier molecular flexibility index (Phi) is 5.30. The van der Waals surface area contributed by atoms with Gasteiger partial charge in [0.2, 0.25) is 5.91 Å². The van der Waals surface area contributed by atoms with Crippen molar-refractivity contribution in [3.05, 3.63) is 81.6 Å². The van der Waals surface area contributed by atoms with Crippen LogP contribution in [-0.2, 0) is 17.6 Å². The zero-order valence-corrected chi connectivity index (χ0v) is 16.8. The Bertz CT molecular complexity index is 1090. The van der Waals surface area contributed by atoms with E-state index < -0.39 is 6.04 Å². The van der Waals surface area contributed by atoms with Crippen LogP contribution in [-0.4, -0.2) is 15.7 Å². The van der Waals surface area contributed by atoms with Gasteiger partial charge in [-0.2, -0.15) is 5.10 Å². The maximum Gasteiger partial charge on any atom is 0.271 e. The van der Waals surface area contributed by atoms with Crippen LogP contribution in [0.3, 0.4) is 0 Å². The van der Waals surface area contributed by atoms with Gasteiger partial charge in [0.1, 0.15) is 6.04 Å². The molecule has 0 fully saturated rings. The summed E-state index contributed by atoms with van der Waals surface area (Å²) in [6.07, 6.45) is 3.64. The van der Waals surface area contributed by atoms with E-state index in [4.69, 9.17) is 5.10 Å². The van der Waals surface area contributed by atoms with E-state index in [1.54, 1.807) is 6.92 Å².